The molecule has 0 bridgehead atoms. The SMILES string of the molecule is Cc1cc(Cl)ccc1N(CC(=O)NCCc1ccc(F)cc1)S(=O)(=O)c1ccccc1. The van der Waals surface area contributed by atoms with Gasteiger partial charge in [0.05, 0.1) is 10.6 Å². The highest BCUT2D eigenvalue weighted by atomic mass is 35.5. The van der Waals surface area contributed by atoms with Crippen molar-refractivity contribution in [2.75, 3.05) is 17.4 Å². The molecule has 0 heterocycles. The lowest BCUT2D eigenvalue weighted by atomic mass is 10.1. The number of amides is 1. The lowest BCUT2D eigenvalue weighted by molar-refractivity contribution is -0.119. The highest BCUT2D eigenvalue weighted by Gasteiger charge is 2.28. The van der Waals surface area contributed by atoms with Gasteiger partial charge in [-0.05, 0) is 66.9 Å². The van der Waals surface area contributed by atoms with Gasteiger partial charge in [-0.25, -0.2) is 12.8 Å². The Morgan fingerprint density at radius 3 is 2.35 bits per heavy atom. The number of nitrogens with zero attached hydrogens (tertiary/aromatic N) is 1. The summed E-state index contributed by atoms with van der Waals surface area (Å²) in [4.78, 5) is 12.7. The lowest BCUT2D eigenvalue weighted by Gasteiger charge is -2.25. The van der Waals surface area contributed by atoms with Crippen LogP contribution in [0.1, 0.15) is 11.1 Å². The molecule has 0 aliphatic rings. The van der Waals surface area contributed by atoms with Crippen LogP contribution in [-0.4, -0.2) is 27.4 Å². The maximum Gasteiger partial charge on any atom is 0.264 e. The number of halogens is 2. The Kier molecular flexibility index (Phi) is 7.30. The van der Waals surface area contributed by atoms with E-state index in [0.29, 0.717) is 29.2 Å². The summed E-state index contributed by atoms with van der Waals surface area (Å²) >= 11 is 6.02. The fourth-order valence-electron chi connectivity index (χ4n) is 3.10. The number of carbonyl (C=O) groups is 1. The molecule has 0 aromatic heterocycles. The molecule has 0 spiro atoms. The van der Waals surface area contributed by atoms with Crippen molar-refractivity contribution in [2.45, 2.75) is 18.2 Å². The van der Waals surface area contributed by atoms with Gasteiger partial charge in [0.25, 0.3) is 10.0 Å². The zero-order valence-electron chi connectivity index (χ0n) is 16.9. The molecule has 0 saturated carbocycles. The van der Waals surface area contributed by atoms with Gasteiger partial charge in [-0.3, -0.25) is 9.10 Å². The Morgan fingerprint density at radius 1 is 1.03 bits per heavy atom. The molecule has 1 N–H and O–H groups in total. The third-order valence-electron chi connectivity index (χ3n) is 4.70. The molecule has 0 saturated heterocycles. The zero-order valence-corrected chi connectivity index (χ0v) is 18.5. The van der Waals surface area contributed by atoms with Crippen LogP contribution < -0.4 is 9.62 Å². The van der Waals surface area contributed by atoms with E-state index in [-0.39, 0.29) is 17.3 Å². The summed E-state index contributed by atoms with van der Waals surface area (Å²) in [5.74, 6) is -0.774. The summed E-state index contributed by atoms with van der Waals surface area (Å²) in [5, 5.41) is 3.21. The van der Waals surface area contributed by atoms with Gasteiger partial charge in [0.15, 0.2) is 0 Å². The van der Waals surface area contributed by atoms with Crippen molar-refractivity contribution < 1.29 is 17.6 Å². The number of anilines is 1. The van der Waals surface area contributed by atoms with Gasteiger partial charge in [-0.1, -0.05) is 41.9 Å². The van der Waals surface area contributed by atoms with Crippen molar-refractivity contribution >= 4 is 33.2 Å². The van der Waals surface area contributed by atoms with Crippen LogP contribution in [0.3, 0.4) is 0 Å². The van der Waals surface area contributed by atoms with Crippen LogP contribution >= 0.6 is 11.6 Å². The van der Waals surface area contributed by atoms with Crippen LogP contribution in [0, 0.1) is 12.7 Å². The smallest absolute Gasteiger partial charge is 0.264 e. The van der Waals surface area contributed by atoms with Crippen molar-refractivity contribution in [3.05, 3.63) is 94.8 Å². The van der Waals surface area contributed by atoms with Crippen LogP contribution in [0.15, 0.2) is 77.7 Å². The van der Waals surface area contributed by atoms with E-state index < -0.39 is 15.9 Å². The molecule has 3 rings (SSSR count). The second kappa shape index (κ2) is 9.94. The molecular formula is C23H22ClFN2O3S. The fraction of sp³-hybridized carbons (Fsp3) is 0.174. The van der Waals surface area contributed by atoms with Gasteiger partial charge in [-0.15, -0.1) is 0 Å². The first-order valence-corrected chi connectivity index (χ1v) is 11.4. The summed E-state index contributed by atoms with van der Waals surface area (Å²) in [6.45, 7) is 1.65. The molecular weight excluding hydrogens is 439 g/mol. The normalized spacial score (nSPS) is 11.2. The van der Waals surface area contributed by atoms with E-state index in [2.05, 4.69) is 5.32 Å². The topological polar surface area (TPSA) is 66.5 Å². The predicted octanol–water partition coefficient (Wildman–Crippen LogP) is 4.34. The van der Waals surface area contributed by atoms with Gasteiger partial charge in [-0.2, -0.15) is 0 Å². The number of rotatable bonds is 8. The summed E-state index contributed by atoms with van der Waals surface area (Å²) < 4.78 is 40.7. The number of nitrogens with one attached hydrogen (secondary N) is 1. The quantitative estimate of drug-likeness (QED) is 0.543. The molecule has 0 aliphatic carbocycles. The van der Waals surface area contributed by atoms with Crippen LogP contribution in [-0.2, 0) is 21.2 Å². The van der Waals surface area contributed by atoms with E-state index in [0.717, 1.165) is 9.87 Å². The van der Waals surface area contributed by atoms with E-state index >= 15 is 0 Å². The average Bonchev–Trinajstić information content (AvgIpc) is 2.74. The molecule has 31 heavy (non-hydrogen) atoms. The minimum absolute atomic E-state index is 0.0865. The highest BCUT2D eigenvalue weighted by Crippen LogP contribution is 2.28. The highest BCUT2D eigenvalue weighted by molar-refractivity contribution is 7.92. The summed E-state index contributed by atoms with van der Waals surface area (Å²) in [6, 6.07) is 18.8. The molecule has 3 aromatic rings. The molecule has 5 nitrogen and oxygen atoms in total. The third kappa shape index (κ3) is 5.83. The van der Waals surface area contributed by atoms with Crippen LogP contribution in [0.4, 0.5) is 10.1 Å². The lowest BCUT2D eigenvalue weighted by Crippen LogP contribution is -2.41. The molecule has 162 valence electrons. The van der Waals surface area contributed by atoms with Gasteiger partial charge in [0.2, 0.25) is 5.91 Å². The van der Waals surface area contributed by atoms with Crippen molar-refractivity contribution in [2.24, 2.45) is 0 Å². The van der Waals surface area contributed by atoms with Crippen molar-refractivity contribution in [1.82, 2.24) is 5.32 Å². The minimum atomic E-state index is -3.98. The first-order chi connectivity index (χ1) is 14.8. The Labute approximate surface area is 186 Å². The maximum absolute atomic E-state index is 13.3. The number of hydrogen-bond acceptors (Lipinski definition) is 3. The molecule has 3 aromatic carbocycles. The Bertz CT molecular complexity index is 1150. The Hall–Kier alpha value is -2.90. The molecule has 0 unspecified atom stereocenters. The number of carbonyl (C=O) groups excluding carboxylic acids is 1. The van der Waals surface area contributed by atoms with Crippen molar-refractivity contribution in [3.63, 3.8) is 0 Å². The average molecular weight is 461 g/mol. The van der Waals surface area contributed by atoms with Crippen molar-refractivity contribution in [1.29, 1.82) is 0 Å². The number of sulfonamides is 1. The minimum Gasteiger partial charge on any atom is -0.354 e. The second-order valence-electron chi connectivity index (χ2n) is 6.98. The molecule has 0 aliphatic heterocycles. The van der Waals surface area contributed by atoms with Crippen LogP contribution in [0.5, 0.6) is 0 Å². The van der Waals surface area contributed by atoms with Gasteiger partial charge < -0.3 is 5.32 Å². The predicted molar refractivity (Wildman–Crippen MR) is 120 cm³/mol. The van der Waals surface area contributed by atoms with E-state index in [1.807, 2.05) is 0 Å². The standard InChI is InChI=1S/C23H22ClFN2O3S/c1-17-15-19(24)9-12-22(17)27(31(29,30)21-5-3-2-4-6-21)16-23(28)26-14-13-18-7-10-20(25)11-8-18/h2-12,15H,13-14,16H2,1H3,(H,26,28). The Balaban J connectivity index is 1.79. The third-order valence-corrected chi connectivity index (χ3v) is 6.70. The maximum atomic E-state index is 13.3. The van der Waals surface area contributed by atoms with E-state index in [1.165, 1.54) is 24.3 Å². The molecule has 0 fully saturated rings. The van der Waals surface area contributed by atoms with E-state index in [4.69, 9.17) is 11.6 Å². The largest absolute Gasteiger partial charge is 0.354 e. The van der Waals surface area contributed by atoms with E-state index in [1.54, 1.807) is 55.5 Å². The monoisotopic (exact) mass is 460 g/mol. The van der Waals surface area contributed by atoms with Gasteiger partial charge in [0, 0.05) is 11.6 Å². The first kappa shape index (κ1) is 22.8. The number of benzene rings is 3. The van der Waals surface area contributed by atoms with Gasteiger partial charge in [0.1, 0.15) is 12.4 Å². The molecule has 0 atom stereocenters. The summed E-state index contributed by atoms with van der Waals surface area (Å²) in [5.41, 5.74) is 1.87. The Morgan fingerprint density at radius 2 is 1.71 bits per heavy atom. The van der Waals surface area contributed by atoms with Crippen LogP contribution in [0.2, 0.25) is 5.02 Å². The molecule has 1 amide bonds. The summed E-state index contributed by atoms with van der Waals surface area (Å²) in [7, 11) is -3.98. The first-order valence-electron chi connectivity index (χ1n) is 9.62. The second-order valence-corrected chi connectivity index (χ2v) is 9.28. The van der Waals surface area contributed by atoms with Gasteiger partial charge >= 0.3 is 0 Å². The van der Waals surface area contributed by atoms with Crippen LogP contribution in [0.25, 0.3) is 0 Å². The fourth-order valence-corrected chi connectivity index (χ4v) is 4.83. The summed E-state index contributed by atoms with van der Waals surface area (Å²) in [6.07, 6.45) is 0.497. The van der Waals surface area contributed by atoms with E-state index in [9.17, 15) is 17.6 Å². The number of aryl methyl sites for hydroxylation is 1. The molecule has 0 radical (unpaired) electrons. The zero-order chi connectivity index (χ0) is 22.4. The van der Waals surface area contributed by atoms with Crippen molar-refractivity contribution in [3.8, 4) is 0 Å². The molecule has 8 heteroatoms. The number of hydrogen-bond donors (Lipinski definition) is 1.